The van der Waals surface area contributed by atoms with Crippen molar-refractivity contribution in [3.8, 4) is 0 Å². The summed E-state index contributed by atoms with van der Waals surface area (Å²) in [5.41, 5.74) is 1.69. The molecule has 0 radical (unpaired) electrons. The van der Waals surface area contributed by atoms with E-state index >= 15 is 0 Å². The van der Waals surface area contributed by atoms with Gasteiger partial charge in [-0.15, -0.1) is 0 Å². The zero-order valence-corrected chi connectivity index (χ0v) is 20.4. The molecular formula is C23H27ClN4O5S. The van der Waals surface area contributed by atoms with Crippen LogP contribution in [0.5, 0.6) is 0 Å². The van der Waals surface area contributed by atoms with Crippen molar-refractivity contribution in [3.63, 3.8) is 0 Å². The Morgan fingerprint density at radius 3 is 2.56 bits per heavy atom. The normalized spacial score (nSPS) is 20.1. The molecule has 1 atom stereocenters. The van der Waals surface area contributed by atoms with E-state index in [-0.39, 0.29) is 30.0 Å². The number of aromatic nitrogens is 2. The number of nitrogens with one attached hydrogen (secondary N) is 1. The summed E-state index contributed by atoms with van der Waals surface area (Å²) in [7, 11) is -1.63. The van der Waals surface area contributed by atoms with E-state index in [1.807, 2.05) is 0 Å². The monoisotopic (exact) mass is 506 g/mol. The van der Waals surface area contributed by atoms with E-state index in [2.05, 4.69) is 10.4 Å². The van der Waals surface area contributed by atoms with Gasteiger partial charge in [0.05, 0.1) is 22.6 Å². The van der Waals surface area contributed by atoms with Crippen LogP contribution < -0.4 is 5.32 Å². The number of hydrogen-bond donors (Lipinski definition) is 2. The fraction of sp³-hybridized carbons (Fsp3) is 0.522. The number of nitrogens with zero attached hydrogens (tertiary/aromatic N) is 3. The maximum atomic E-state index is 13.3. The molecule has 1 aromatic heterocycles. The van der Waals surface area contributed by atoms with E-state index in [1.165, 1.54) is 4.68 Å². The van der Waals surface area contributed by atoms with Crippen molar-refractivity contribution in [2.45, 2.75) is 48.1 Å². The van der Waals surface area contributed by atoms with Gasteiger partial charge in [-0.25, -0.2) is 8.42 Å². The largest absolute Gasteiger partial charge is 0.394 e. The average molecular weight is 507 g/mol. The number of rotatable bonds is 8. The van der Waals surface area contributed by atoms with Crippen LogP contribution in [0, 0.1) is 0 Å². The minimum Gasteiger partial charge on any atom is -0.394 e. The molecule has 2 fully saturated rings. The van der Waals surface area contributed by atoms with E-state index in [0.717, 1.165) is 0 Å². The van der Waals surface area contributed by atoms with Crippen LogP contribution in [0.2, 0.25) is 5.02 Å². The predicted molar refractivity (Wildman–Crippen MR) is 125 cm³/mol. The number of amides is 2. The van der Waals surface area contributed by atoms with Gasteiger partial charge in [-0.1, -0.05) is 23.7 Å². The third kappa shape index (κ3) is 3.91. The molecule has 11 heteroatoms. The lowest BCUT2D eigenvalue weighted by Crippen LogP contribution is -2.46. The molecule has 2 aliphatic carbocycles. The molecule has 2 N–H and O–H groups in total. The van der Waals surface area contributed by atoms with Crippen molar-refractivity contribution in [1.29, 1.82) is 0 Å². The van der Waals surface area contributed by atoms with E-state index in [4.69, 9.17) is 11.6 Å². The molecule has 5 rings (SSSR count). The summed E-state index contributed by atoms with van der Waals surface area (Å²) in [5.74, 6) is -0.786. The Morgan fingerprint density at radius 2 is 1.97 bits per heavy atom. The van der Waals surface area contributed by atoms with Crippen LogP contribution >= 0.6 is 11.6 Å². The summed E-state index contributed by atoms with van der Waals surface area (Å²) in [6.45, 7) is 0.215. The van der Waals surface area contributed by atoms with E-state index in [1.54, 1.807) is 36.2 Å². The standard InChI is InChI=1S/C23H27ClN4O5S/c1-27-20-17(19(26-27)21(30)25-18(12-29)14-2-4-15(24)5-3-14)8-11-28(22(20)31)13-23(9-10-23)34(32,33)16-6-7-16/h2-5,16,18,29H,6-13H2,1H3,(H,25,30)/t18-/m1/s1. The fourth-order valence-electron chi connectivity index (χ4n) is 4.81. The summed E-state index contributed by atoms with van der Waals surface area (Å²) in [6.07, 6.45) is 3.02. The lowest BCUT2D eigenvalue weighted by molar-refractivity contribution is 0.0724. The molecule has 0 spiro atoms. The van der Waals surface area contributed by atoms with E-state index in [9.17, 15) is 23.1 Å². The molecule has 34 heavy (non-hydrogen) atoms. The summed E-state index contributed by atoms with van der Waals surface area (Å²) >= 11 is 5.92. The van der Waals surface area contributed by atoms with Crippen molar-refractivity contribution in [2.24, 2.45) is 7.05 Å². The molecule has 0 saturated heterocycles. The Labute approximate surface area is 203 Å². The van der Waals surface area contributed by atoms with Gasteiger partial charge in [0, 0.05) is 30.7 Å². The number of benzene rings is 1. The zero-order valence-electron chi connectivity index (χ0n) is 18.8. The molecule has 2 aromatic rings. The third-order valence-electron chi connectivity index (χ3n) is 7.10. The zero-order chi connectivity index (χ0) is 24.3. The number of fused-ring (bicyclic) bond motifs is 1. The van der Waals surface area contributed by atoms with Crippen LogP contribution in [0.15, 0.2) is 24.3 Å². The topological polar surface area (TPSA) is 122 Å². The molecule has 2 amide bonds. The van der Waals surface area contributed by atoms with E-state index in [0.29, 0.717) is 60.5 Å². The number of aliphatic hydroxyl groups is 1. The molecule has 1 aromatic carbocycles. The second kappa shape index (κ2) is 8.35. The lowest BCUT2D eigenvalue weighted by Gasteiger charge is -2.31. The lowest BCUT2D eigenvalue weighted by atomic mass is 10.0. The Hall–Kier alpha value is -2.43. The van der Waals surface area contributed by atoms with Crippen molar-refractivity contribution in [3.05, 3.63) is 51.8 Å². The van der Waals surface area contributed by atoms with Gasteiger partial charge in [0.1, 0.15) is 5.69 Å². The molecule has 1 aliphatic heterocycles. The molecule has 2 heterocycles. The highest BCUT2D eigenvalue weighted by Gasteiger charge is 2.60. The first-order valence-corrected chi connectivity index (χ1v) is 13.3. The molecular weight excluding hydrogens is 480 g/mol. The number of carbonyl (C=O) groups is 2. The average Bonchev–Trinajstić information content (AvgIpc) is 3.73. The summed E-state index contributed by atoms with van der Waals surface area (Å²) in [5, 5.41) is 17.2. The minimum absolute atomic E-state index is 0.143. The van der Waals surface area contributed by atoms with E-state index < -0.39 is 26.5 Å². The van der Waals surface area contributed by atoms with Crippen LogP contribution in [-0.4, -0.2) is 69.7 Å². The fourth-order valence-corrected chi connectivity index (χ4v) is 7.41. The van der Waals surface area contributed by atoms with Crippen molar-refractivity contribution in [1.82, 2.24) is 20.0 Å². The molecule has 2 saturated carbocycles. The number of sulfone groups is 1. The first-order valence-electron chi connectivity index (χ1n) is 11.4. The highest BCUT2D eigenvalue weighted by atomic mass is 35.5. The van der Waals surface area contributed by atoms with Gasteiger partial charge in [-0.2, -0.15) is 5.10 Å². The SMILES string of the molecule is Cn1nc(C(=O)N[C@H](CO)c2ccc(Cl)cc2)c2c1C(=O)N(CC1(S(=O)(=O)C3CC3)CC1)CC2. The number of carbonyl (C=O) groups excluding carboxylic acids is 2. The maximum Gasteiger partial charge on any atom is 0.272 e. The smallest absolute Gasteiger partial charge is 0.272 e. The van der Waals surface area contributed by atoms with Gasteiger partial charge in [-0.3, -0.25) is 14.3 Å². The van der Waals surface area contributed by atoms with Gasteiger partial charge >= 0.3 is 0 Å². The minimum atomic E-state index is -3.23. The second-order valence-electron chi connectivity index (χ2n) is 9.46. The van der Waals surface area contributed by atoms with Crippen molar-refractivity contribution >= 4 is 33.3 Å². The summed E-state index contributed by atoms with van der Waals surface area (Å²) in [6, 6.07) is 6.15. The quantitative estimate of drug-likeness (QED) is 0.561. The highest BCUT2D eigenvalue weighted by molar-refractivity contribution is 7.94. The first kappa shape index (κ1) is 23.3. The maximum absolute atomic E-state index is 13.3. The Bertz CT molecular complexity index is 1250. The van der Waals surface area contributed by atoms with Gasteiger partial charge in [0.15, 0.2) is 15.5 Å². The third-order valence-corrected chi connectivity index (χ3v) is 10.4. The van der Waals surface area contributed by atoms with Crippen LogP contribution in [-0.2, 0) is 23.3 Å². The van der Waals surface area contributed by atoms with Gasteiger partial charge in [-0.05, 0) is 49.8 Å². The first-order chi connectivity index (χ1) is 16.2. The summed E-state index contributed by atoms with van der Waals surface area (Å²) < 4.78 is 26.4. The molecule has 0 bridgehead atoms. The van der Waals surface area contributed by atoms with Crippen LogP contribution in [0.4, 0.5) is 0 Å². The molecule has 182 valence electrons. The molecule has 0 unspecified atom stereocenters. The highest BCUT2D eigenvalue weighted by Crippen LogP contribution is 2.50. The van der Waals surface area contributed by atoms with Gasteiger partial charge < -0.3 is 15.3 Å². The number of aliphatic hydroxyl groups excluding tert-OH is 1. The predicted octanol–water partition coefficient (Wildman–Crippen LogP) is 1.64. The molecule has 3 aliphatic rings. The number of halogens is 1. The number of hydrogen-bond acceptors (Lipinski definition) is 6. The molecule has 9 nitrogen and oxygen atoms in total. The second-order valence-corrected chi connectivity index (χ2v) is 12.5. The van der Waals surface area contributed by atoms with Crippen molar-refractivity contribution < 1.29 is 23.1 Å². The Morgan fingerprint density at radius 1 is 1.29 bits per heavy atom. The Balaban J connectivity index is 1.34. The van der Waals surface area contributed by atoms with Gasteiger partial charge in [0.2, 0.25) is 0 Å². The Kier molecular flexibility index (Phi) is 5.73. The van der Waals surface area contributed by atoms with Crippen LogP contribution in [0.3, 0.4) is 0 Å². The van der Waals surface area contributed by atoms with Crippen molar-refractivity contribution in [2.75, 3.05) is 19.7 Å². The van der Waals surface area contributed by atoms with Gasteiger partial charge in [0.25, 0.3) is 11.8 Å². The number of aryl methyl sites for hydroxylation is 1. The van der Waals surface area contributed by atoms with Crippen LogP contribution in [0.25, 0.3) is 0 Å². The summed E-state index contributed by atoms with van der Waals surface area (Å²) in [4.78, 5) is 28.0. The van der Waals surface area contributed by atoms with Crippen LogP contribution in [0.1, 0.15) is 63.8 Å².